The van der Waals surface area contributed by atoms with Gasteiger partial charge >= 0.3 is 5.69 Å². The Morgan fingerprint density at radius 1 is 1.20 bits per heavy atom. The summed E-state index contributed by atoms with van der Waals surface area (Å²) >= 11 is 0. The molecule has 0 saturated carbocycles. The summed E-state index contributed by atoms with van der Waals surface area (Å²) < 4.78 is 0. The third-order valence-corrected chi connectivity index (χ3v) is 4.78. The summed E-state index contributed by atoms with van der Waals surface area (Å²) in [6, 6.07) is 6.93. The topological polar surface area (TPSA) is 97.9 Å². The Hall–Kier alpha value is -2.67. The molecule has 2 aromatic heterocycles. The molecule has 7 heteroatoms. The molecule has 1 aliphatic rings. The molecule has 1 atom stereocenters. The number of hydrogen-bond donors (Lipinski definition) is 3. The van der Waals surface area contributed by atoms with Crippen molar-refractivity contribution in [3.05, 3.63) is 40.4 Å². The average Bonchev–Trinajstić information content (AvgIpc) is 2.94. The molecule has 1 saturated heterocycles. The molecule has 0 amide bonds. The zero-order valence-electron chi connectivity index (χ0n) is 14.1. The van der Waals surface area contributed by atoms with Crippen LogP contribution < -0.4 is 5.69 Å². The number of nitrogens with zero attached hydrogens (tertiary/aromatic N) is 3. The van der Waals surface area contributed by atoms with Gasteiger partial charge in [0.05, 0.1) is 11.4 Å². The van der Waals surface area contributed by atoms with Gasteiger partial charge in [-0.2, -0.15) is 0 Å². The van der Waals surface area contributed by atoms with Gasteiger partial charge < -0.3 is 10.0 Å². The number of aromatic nitrogens is 4. The third-order valence-electron chi connectivity index (χ3n) is 4.78. The highest BCUT2D eigenvalue weighted by Crippen LogP contribution is 2.28. The first-order chi connectivity index (χ1) is 12.1. The van der Waals surface area contributed by atoms with Crippen LogP contribution in [0.5, 0.6) is 5.75 Å². The fraction of sp³-hybridized carbons (Fsp3) is 0.389. The van der Waals surface area contributed by atoms with E-state index in [0.717, 1.165) is 36.5 Å². The van der Waals surface area contributed by atoms with E-state index in [9.17, 15) is 9.90 Å². The molecular weight excluding hydrogens is 318 g/mol. The van der Waals surface area contributed by atoms with Crippen molar-refractivity contribution in [3.8, 4) is 17.0 Å². The number of rotatable bonds is 3. The maximum absolute atomic E-state index is 11.6. The first-order valence-electron chi connectivity index (χ1n) is 8.55. The first-order valence-corrected chi connectivity index (χ1v) is 8.55. The highest BCUT2D eigenvalue weighted by Gasteiger charge is 2.21. The molecule has 3 aromatic rings. The Morgan fingerprint density at radius 2 is 1.92 bits per heavy atom. The molecule has 25 heavy (non-hydrogen) atoms. The fourth-order valence-corrected chi connectivity index (χ4v) is 3.60. The quantitative estimate of drug-likeness (QED) is 0.677. The number of likely N-dealkylation sites (tertiary alicyclic amines) is 1. The molecule has 7 nitrogen and oxygen atoms in total. The molecular formula is C18H21N5O2. The predicted molar refractivity (Wildman–Crippen MR) is 95.5 cm³/mol. The molecule has 0 aliphatic carbocycles. The molecule has 3 N–H and O–H groups in total. The molecule has 0 bridgehead atoms. The van der Waals surface area contributed by atoms with Crippen molar-refractivity contribution < 1.29 is 5.11 Å². The lowest BCUT2D eigenvalue weighted by Gasteiger charge is -2.29. The van der Waals surface area contributed by atoms with E-state index in [1.165, 1.54) is 12.8 Å². The zero-order chi connectivity index (χ0) is 17.4. The van der Waals surface area contributed by atoms with Crippen molar-refractivity contribution in [3.63, 3.8) is 0 Å². The SMILES string of the molecule is CN1CCCC(Cc2nc3[nH]c(=O)[nH]c3nc2-c2ccc(O)cc2)C1. The van der Waals surface area contributed by atoms with Crippen LogP contribution in [0.2, 0.25) is 0 Å². The van der Waals surface area contributed by atoms with E-state index in [2.05, 4.69) is 31.9 Å². The monoisotopic (exact) mass is 339 g/mol. The van der Waals surface area contributed by atoms with Gasteiger partial charge in [-0.25, -0.2) is 14.8 Å². The van der Waals surface area contributed by atoms with Crippen LogP contribution in [0, 0.1) is 5.92 Å². The van der Waals surface area contributed by atoms with Crippen LogP contribution in [0.15, 0.2) is 29.1 Å². The maximum Gasteiger partial charge on any atom is 0.326 e. The maximum atomic E-state index is 11.6. The minimum absolute atomic E-state index is 0.211. The number of phenolic OH excluding ortho intramolecular Hbond substituents is 1. The van der Waals surface area contributed by atoms with Gasteiger partial charge in [0.1, 0.15) is 5.75 Å². The van der Waals surface area contributed by atoms with E-state index in [1.54, 1.807) is 12.1 Å². The van der Waals surface area contributed by atoms with Crippen molar-refractivity contribution in [2.45, 2.75) is 19.3 Å². The molecule has 4 rings (SSSR count). The van der Waals surface area contributed by atoms with E-state index in [-0.39, 0.29) is 11.4 Å². The van der Waals surface area contributed by atoms with Gasteiger partial charge in [0.25, 0.3) is 0 Å². The third kappa shape index (κ3) is 3.28. The number of aromatic hydroxyl groups is 1. The summed E-state index contributed by atoms with van der Waals surface area (Å²) in [6.07, 6.45) is 3.17. The Labute approximate surface area is 144 Å². The van der Waals surface area contributed by atoms with Crippen molar-refractivity contribution in [2.24, 2.45) is 5.92 Å². The number of benzene rings is 1. The number of aromatic amines is 2. The van der Waals surface area contributed by atoms with E-state index >= 15 is 0 Å². The minimum atomic E-state index is -0.304. The van der Waals surface area contributed by atoms with Gasteiger partial charge in [-0.05, 0) is 63.0 Å². The van der Waals surface area contributed by atoms with Crippen molar-refractivity contribution in [2.75, 3.05) is 20.1 Å². The summed E-state index contributed by atoms with van der Waals surface area (Å²) in [7, 11) is 2.14. The lowest BCUT2D eigenvalue weighted by molar-refractivity contribution is 0.208. The molecule has 1 unspecified atom stereocenters. The molecule has 1 aromatic carbocycles. The molecule has 3 heterocycles. The molecule has 0 radical (unpaired) electrons. The first kappa shape index (κ1) is 15.8. The van der Waals surface area contributed by atoms with Crippen LogP contribution in [-0.4, -0.2) is 50.1 Å². The van der Waals surface area contributed by atoms with Crippen LogP contribution in [0.25, 0.3) is 22.6 Å². The van der Waals surface area contributed by atoms with Crippen molar-refractivity contribution >= 4 is 11.3 Å². The van der Waals surface area contributed by atoms with E-state index < -0.39 is 0 Å². The number of nitrogens with one attached hydrogen (secondary N) is 2. The van der Waals surface area contributed by atoms with E-state index in [4.69, 9.17) is 0 Å². The van der Waals surface area contributed by atoms with Gasteiger partial charge in [0.2, 0.25) is 0 Å². The smallest absolute Gasteiger partial charge is 0.326 e. The fourth-order valence-electron chi connectivity index (χ4n) is 3.60. The second-order valence-electron chi connectivity index (χ2n) is 6.82. The van der Waals surface area contributed by atoms with Gasteiger partial charge in [-0.15, -0.1) is 0 Å². The van der Waals surface area contributed by atoms with Crippen LogP contribution >= 0.6 is 0 Å². The highest BCUT2D eigenvalue weighted by atomic mass is 16.3. The van der Waals surface area contributed by atoms with E-state index in [1.807, 2.05) is 12.1 Å². The second-order valence-corrected chi connectivity index (χ2v) is 6.82. The van der Waals surface area contributed by atoms with Crippen LogP contribution in [-0.2, 0) is 6.42 Å². The number of hydrogen-bond acceptors (Lipinski definition) is 5. The van der Waals surface area contributed by atoms with Gasteiger partial charge in [0, 0.05) is 12.1 Å². The van der Waals surface area contributed by atoms with Crippen LogP contribution in [0.1, 0.15) is 18.5 Å². The number of piperidine rings is 1. The Bertz CT molecular complexity index is 944. The van der Waals surface area contributed by atoms with Crippen LogP contribution in [0.3, 0.4) is 0 Å². The van der Waals surface area contributed by atoms with Crippen molar-refractivity contribution in [1.29, 1.82) is 0 Å². The summed E-state index contributed by atoms with van der Waals surface area (Å²) in [4.78, 5) is 28.6. The molecule has 1 fully saturated rings. The molecule has 0 spiro atoms. The predicted octanol–water partition coefficient (Wildman–Crippen LogP) is 1.90. The Morgan fingerprint density at radius 3 is 2.64 bits per heavy atom. The number of phenols is 1. The second kappa shape index (κ2) is 6.33. The average molecular weight is 339 g/mol. The minimum Gasteiger partial charge on any atom is -0.508 e. The number of fused-ring (bicyclic) bond motifs is 1. The Kier molecular flexibility index (Phi) is 4.01. The van der Waals surface area contributed by atoms with Crippen molar-refractivity contribution in [1.82, 2.24) is 24.8 Å². The van der Waals surface area contributed by atoms with E-state index in [0.29, 0.717) is 17.2 Å². The molecule has 130 valence electrons. The number of H-pyrrole nitrogens is 2. The van der Waals surface area contributed by atoms with Gasteiger partial charge in [-0.1, -0.05) is 0 Å². The molecule has 1 aliphatic heterocycles. The number of imidazole rings is 1. The summed E-state index contributed by atoms with van der Waals surface area (Å²) in [6.45, 7) is 2.18. The van der Waals surface area contributed by atoms with Gasteiger partial charge in [-0.3, -0.25) is 9.97 Å². The normalized spacial score (nSPS) is 18.7. The zero-order valence-corrected chi connectivity index (χ0v) is 14.1. The lowest BCUT2D eigenvalue weighted by Crippen LogP contribution is -2.33. The van der Waals surface area contributed by atoms with Crippen LogP contribution in [0.4, 0.5) is 0 Å². The summed E-state index contributed by atoms with van der Waals surface area (Å²) in [5.74, 6) is 0.732. The van der Waals surface area contributed by atoms with Gasteiger partial charge in [0.15, 0.2) is 11.3 Å². The largest absolute Gasteiger partial charge is 0.508 e. The summed E-state index contributed by atoms with van der Waals surface area (Å²) in [5, 5.41) is 9.54. The standard InChI is InChI=1S/C18H21N5O2/c1-23-8-2-3-11(10-23)9-14-15(12-4-6-13(24)7-5-12)20-17-16(19-14)21-18(25)22-17/h4-7,11,24H,2-3,8-10H2,1H3,(H2,19,20,21,22,25). The summed E-state index contributed by atoms with van der Waals surface area (Å²) in [5.41, 5.74) is 3.17. The highest BCUT2D eigenvalue weighted by molar-refractivity contribution is 5.72. The Balaban J connectivity index is 1.78. The lowest BCUT2D eigenvalue weighted by atomic mass is 9.92.